The van der Waals surface area contributed by atoms with Crippen molar-refractivity contribution in [1.82, 2.24) is 24.6 Å². The number of carbonyl (C=O) groups excluding carboxylic acids is 1. The lowest BCUT2D eigenvalue weighted by Crippen LogP contribution is -2.40. The molecule has 1 atom stereocenters. The average molecular weight is 343 g/mol. The van der Waals surface area contributed by atoms with Crippen LogP contribution in [-0.2, 0) is 17.8 Å². The molecule has 3 heterocycles. The lowest BCUT2D eigenvalue weighted by Gasteiger charge is -2.25. The molecule has 1 aliphatic heterocycles. The molecule has 0 bridgehead atoms. The number of aromatic nitrogens is 4. The van der Waals surface area contributed by atoms with Crippen molar-refractivity contribution >= 4 is 5.91 Å². The highest BCUT2D eigenvalue weighted by Gasteiger charge is 2.30. The van der Waals surface area contributed by atoms with Gasteiger partial charge in [0.05, 0.1) is 24.7 Å². The number of nitrogens with zero attached hydrogens (tertiary/aromatic N) is 4. The van der Waals surface area contributed by atoms with Crippen molar-refractivity contribution in [3.63, 3.8) is 0 Å². The highest BCUT2D eigenvalue weighted by molar-refractivity contribution is 5.79. The normalized spacial score (nSPS) is 17.3. The number of amides is 1. The minimum Gasteiger partial charge on any atom is -0.338 e. The second kappa shape index (κ2) is 6.82. The zero-order chi connectivity index (χ0) is 18.1. The smallest absolute Gasteiger partial charge is 0.254 e. The van der Waals surface area contributed by atoms with Gasteiger partial charge in [-0.05, 0) is 46.6 Å². The summed E-state index contributed by atoms with van der Waals surface area (Å²) in [6.07, 6.45) is 2.05. The SMILES string of the molecule is Cc1cc(C)n(C[C@H]2CCCN2C(=O)Cc2c(C)nc(C)[nH]c2=O)n1. The van der Waals surface area contributed by atoms with Crippen LogP contribution in [0.15, 0.2) is 10.9 Å². The highest BCUT2D eigenvalue weighted by Crippen LogP contribution is 2.21. The van der Waals surface area contributed by atoms with Gasteiger partial charge in [0.2, 0.25) is 5.91 Å². The predicted octanol–water partition coefficient (Wildman–Crippen LogP) is 1.43. The molecule has 25 heavy (non-hydrogen) atoms. The van der Waals surface area contributed by atoms with Crippen molar-refractivity contribution in [3.8, 4) is 0 Å². The van der Waals surface area contributed by atoms with Crippen LogP contribution >= 0.6 is 0 Å². The zero-order valence-corrected chi connectivity index (χ0v) is 15.3. The van der Waals surface area contributed by atoms with E-state index >= 15 is 0 Å². The van der Waals surface area contributed by atoms with Crippen LogP contribution in [-0.4, -0.2) is 43.1 Å². The molecule has 1 aliphatic rings. The lowest BCUT2D eigenvalue weighted by molar-refractivity contribution is -0.131. The van der Waals surface area contributed by atoms with Crippen LogP contribution in [0.3, 0.4) is 0 Å². The molecule has 1 saturated heterocycles. The number of H-pyrrole nitrogens is 1. The van der Waals surface area contributed by atoms with E-state index in [-0.39, 0.29) is 23.9 Å². The fourth-order valence-electron chi connectivity index (χ4n) is 3.63. The quantitative estimate of drug-likeness (QED) is 0.910. The van der Waals surface area contributed by atoms with Crippen molar-refractivity contribution in [2.75, 3.05) is 6.54 Å². The van der Waals surface area contributed by atoms with Crippen LogP contribution in [0.4, 0.5) is 0 Å². The van der Waals surface area contributed by atoms with Crippen LogP contribution < -0.4 is 5.56 Å². The third kappa shape index (κ3) is 3.65. The van der Waals surface area contributed by atoms with Crippen molar-refractivity contribution in [1.29, 1.82) is 0 Å². The molecule has 2 aromatic heterocycles. The van der Waals surface area contributed by atoms with E-state index in [1.165, 1.54) is 0 Å². The van der Waals surface area contributed by atoms with Gasteiger partial charge in [-0.2, -0.15) is 5.10 Å². The van der Waals surface area contributed by atoms with Crippen LogP contribution in [0, 0.1) is 27.7 Å². The number of nitrogens with one attached hydrogen (secondary N) is 1. The Kier molecular flexibility index (Phi) is 4.74. The predicted molar refractivity (Wildman–Crippen MR) is 94.5 cm³/mol. The Balaban J connectivity index is 1.75. The molecule has 1 fully saturated rings. The van der Waals surface area contributed by atoms with Gasteiger partial charge in [0.25, 0.3) is 5.56 Å². The summed E-state index contributed by atoms with van der Waals surface area (Å²) in [5.41, 5.74) is 2.97. The topological polar surface area (TPSA) is 83.9 Å². The highest BCUT2D eigenvalue weighted by atomic mass is 16.2. The largest absolute Gasteiger partial charge is 0.338 e. The van der Waals surface area contributed by atoms with Gasteiger partial charge < -0.3 is 9.88 Å². The van der Waals surface area contributed by atoms with E-state index in [0.29, 0.717) is 23.6 Å². The number of hydrogen-bond acceptors (Lipinski definition) is 4. The molecular formula is C18H25N5O2. The maximum absolute atomic E-state index is 12.8. The van der Waals surface area contributed by atoms with Gasteiger partial charge in [-0.25, -0.2) is 4.98 Å². The zero-order valence-electron chi connectivity index (χ0n) is 15.3. The molecule has 0 aliphatic carbocycles. The lowest BCUT2D eigenvalue weighted by atomic mass is 10.1. The van der Waals surface area contributed by atoms with Crippen LogP contribution in [0.5, 0.6) is 0 Å². The number of likely N-dealkylation sites (tertiary alicyclic amines) is 1. The first-order valence-corrected chi connectivity index (χ1v) is 8.72. The molecule has 7 heteroatoms. The van der Waals surface area contributed by atoms with Crippen molar-refractivity contribution in [2.24, 2.45) is 0 Å². The van der Waals surface area contributed by atoms with E-state index in [2.05, 4.69) is 15.1 Å². The maximum Gasteiger partial charge on any atom is 0.254 e. The molecule has 0 aromatic carbocycles. The maximum atomic E-state index is 12.8. The van der Waals surface area contributed by atoms with Gasteiger partial charge in [-0.1, -0.05) is 0 Å². The molecule has 1 amide bonds. The Labute approximate surface area is 147 Å². The standard InChI is InChI=1S/C18H25N5O2/c1-11-8-12(2)23(21-11)10-15-6-5-7-22(15)17(24)9-16-13(3)19-14(4)20-18(16)25/h8,15H,5-7,9-10H2,1-4H3,(H,19,20,25)/t15-/m1/s1. The van der Waals surface area contributed by atoms with Crippen LogP contribution in [0.2, 0.25) is 0 Å². The molecule has 3 rings (SSSR count). The van der Waals surface area contributed by atoms with Gasteiger partial charge in [-0.3, -0.25) is 14.3 Å². The Bertz CT molecular complexity index is 852. The summed E-state index contributed by atoms with van der Waals surface area (Å²) in [5, 5.41) is 4.50. The van der Waals surface area contributed by atoms with Gasteiger partial charge in [0.15, 0.2) is 0 Å². The van der Waals surface area contributed by atoms with Crippen LogP contribution in [0.25, 0.3) is 0 Å². The Hall–Kier alpha value is -2.44. The van der Waals surface area contributed by atoms with E-state index in [1.54, 1.807) is 13.8 Å². The van der Waals surface area contributed by atoms with Gasteiger partial charge in [-0.15, -0.1) is 0 Å². The van der Waals surface area contributed by atoms with E-state index in [1.807, 2.05) is 29.5 Å². The third-order valence-corrected chi connectivity index (χ3v) is 4.85. The Morgan fingerprint density at radius 3 is 2.72 bits per heavy atom. The molecule has 0 radical (unpaired) electrons. The third-order valence-electron chi connectivity index (χ3n) is 4.85. The summed E-state index contributed by atoms with van der Waals surface area (Å²) in [4.78, 5) is 33.8. The first-order chi connectivity index (χ1) is 11.8. The Morgan fingerprint density at radius 1 is 1.32 bits per heavy atom. The van der Waals surface area contributed by atoms with Gasteiger partial charge in [0, 0.05) is 23.5 Å². The molecule has 0 spiro atoms. The summed E-state index contributed by atoms with van der Waals surface area (Å²) in [7, 11) is 0. The Morgan fingerprint density at radius 2 is 2.08 bits per heavy atom. The molecule has 0 saturated carbocycles. The molecule has 7 nitrogen and oxygen atoms in total. The molecule has 134 valence electrons. The molecular weight excluding hydrogens is 318 g/mol. The van der Waals surface area contributed by atoms with Crippen LogP contribution in [0.1, 0.15) is 41.3 Å². The fraction of sp³-hybridized carbons (Fsp3) is 0.556. The number of aromatic amines is 1. The minimum absolute atomic E-state index is 0.0108. The second-order valence-corrected chi connectivity index (χ2v) is 6.88. The average Bonchev–Trinajstić information content (AvgIpc) is 3.10. The number of rotatable bonds is 4. The summed E-state index contributed by atoms with van der Waals surface area (Å²) >= 11 is 0. The first-order valence-electron chi connectivity index (χ1n) is 8.72. The summed E-state index contributed by atoms with van der Waals surface area (Å²) < 4.78 is 1.97. The first kappa shape index (κ1) is 17.4. The van der Waals surface area contributed by atoms with Crippen molar-refractivity contribution in [3.05, 3.63) is 44.9 Å². The van der Waals surface area contributed by atoms with Crippen molar-refractivity contribution < 1.29 is 4.79 Å². The summed E-state index contributed by atoms with van der Waals surface area (Å²) in [6, 6.07) is 2.17. The number of aryl methyl sites for hydroxylation is 4. The summed E-state index contributed by atoms with van der Waals surface area (Å²) in [6.45, 7) is 8.96. The number of hydrogen-bond donors (Lipinski definition) is 1. The molecule has 1 N–H and O–H groups in total. The second-order valence-electron chi connectivity index (χ2n) is 6.88. The van der Waals surface area contributed by atoms with E-state index in [4.69, 9.17) is 0 Å². The minimum atomic E-state index is -0.215. The molecule has 0 unspecified atom stereocenters. The van der Waals surface area contributed by atoms with Crippen molar-refractivity contribution in [2.45, 2.75) is 59.5 Å². The fourth-order valence-corrected chi connectivity index (χ4v) is 3.63. The van der Waals surface area contributed by atoms with Gasteiger partial charge in [0.1, 0.15) is 5.82 Å². The summed E-state index contributed by atoms with van der Waals surface area (Å²) in [5.74, 6) is 0.561. The van der Waals surface area contributed by atoms with E-state index in [0.717, 1.165) is 30.8 Å². The monoisotopic (exact) mass is 343 g/mol. The van der Waals surface area contributed by atoms with E-state index < -0.39 is 0 Å². The van der Waals surface area contributed by atoms with E-state index in [9.17, 15) is 9.59 Å². The molecule has 2 aromatic rings. The number of carbonyl (C=O) groups is 1. The van der Waals surface area contributed by atoms with Gasteiger partial charge >= 0.3 is 0 Å².